The van der Waals surface area contributed by atoms with Gasteiger partial charge in [-0.15, -0.1) is 11.3 Å². The highest BCUT2D eigenvalue weighted by Crippen LogP contribution is 2.20. The Morgan fingerprint density at radius 3 is 2.74 bits per heavy atom. The zero-order valence-electron chi connectivity index (χ0n) is 11.1. The molecule has 0 atom stereocenters. The smallest absolute Gasteiger partial charge is 0.148 e. The van der Waals surface area contributed by atoms with E-state index in [1.165, 1.54) is 0 Å². The van der Waals surface area contributed by atoms with Crippen LogP contribution < -0.4 is 16.6 Å². The fraction of sp³-hybridized carbons (Fsp3) is 0.417. The van der Waals surface area contributed by atoms with Crippen molar-refractivity contribution in [3.05, 3.63) is 28.0 Å². The van der Waals surface area contributed by atoms with E-state index in [2.05, 4.69) is 32.6 Å². The van der Waals surface area contributed by atoms with Crippen LogP contribution in [0.3, 0.4) is 0 Å². The predicted molar refractivity (Wildman–Crippen MR) is 78.0 cm³/mol. The second-order valence-electron chi connectivity index (χ2n) is 4.19. The van der Waals surface area contributed by atoms with Gasteiger partial charge in [0.05, 0.1) is 17.7 Å². The van der Waals surface area contributed by atoms with Gasteiger partial charge in [0.25, 0.3) is 0 Å². The van der Waals surface area contributed by atoms with E-state index in [0.717, 1.165) is 35.7 Å². The third-order valence-electron chi connectivity index (χ3n) is 2.72. The Kier molecular flexibility index (Phi) is 4.64. The fourth-order valence-electron chi connectivity index (χ4n) is 1.71. The Morgan fingerprint density at radius 1 is 1.32 bits per heavy atom. The highest BCUT2D eigenvalue weighted by Gasteiger charge is 2.10. The number of nitrogens with one attached hydrogen (secondary N) is 2. The Balaban J connectivity index is 2.19. The average Bonchev–Trinajstić information content (AvgIpc) is 2.92. The van der Waals surface area contributed by atoms with Crippen molar-refractivity contribution in [2.75, 3.05) is 10.7 Å². The van der Waals surface area contributed by atoms with E-state index < -0.39 is 0 Å². The van der Waals surface area contributed by atoms with Crippen LogP contribution in [0, 0.1) is 6.92 Å². The molecule has 0 radical (unpaired) electrons. The summed E-state index contributed by atoms with van der Waals surface area (Å²) in [6.45, 7) is 4.69. The van der Waals surface area contributed by atoms with Crippen molar-refractivity contribution in [3.63, 3.8) is 0 Å². The average molecular weight is 278 g/mol. The molecular weight excluding hydrogens is 260 g/mol. The molecule has 2 rings (SSSR count). The number of aromatic nitrogens is 3. The van der Waals surface area contributed by atoms with Crippen LogP contribution in [0.2, 0.25) is 0 Å². The van der Waals surface area contributed by atoms with Gasteiger partial charge in [-0.3, -0.25) is 0 Å². The minimum absolute atomic E-state index is 0.650. The van der Waals surface area contributed by atoms with Crippen molar-refractivity contribution in [3.8, 4) is 0 Å². The molecule has 0 aliphatic rings. The molecule has 0 unspecified atom stereocenters. The second kappa shape index (κ2) is 6.44. The number of hydrogen-bond acceptors (Lipinski definition) is 7. The van der Waals surface area contributed by atoms with E-state index in [0.29, 0.717) is 12.4 Å². The van der Waals surface area contributed by atoms with Gasteiger partial charge in [-0.25, -0.2) is 20.8 Å². The lowest BCUT2D eigenvalue weighted by atomic mass is 10.2. The molecule has 2 aromatic heterocycles. The molecule has 6 nitrogen and oxygen atoms in total. The maximum absolute atomic E-state index is 5.50. The SMILES string of the molecule is CCCc1nc(NN)c(C)c(NCc2cscn2)n1. The monoisotopic (exact) mass is 278 g/mol. The quantitative estimate of drug-likeness (QED) is 0.554. The van der Waals surface area contributed by atoms with Crippen LogP contribution in [0.1, 0.15) is 30.4 Å². The van der Waals surface area contributed by atoms with Crippen LogP contribution in [-0.2, 0) is 13.0 Å². The molecule has 0 bridgehead atoms. The molecule has 0 saturated heterocycles. The maximum Gasteiger partial charge on any atom is 0.148 e. The molecule has 0 aliphatic carbocycles. The number of hydrogen-bond donors (Lipinski definition) is 3. The van der Waals surface area contributed by atoms with Gasteiger partial charge in [-0.05, 0) is 13.3 Å². The molecule has 2 heterocycles. The normalized spacial score (nSPS) is 10.5. The zero-order chi connectivity index (χ0) is 13.7. The summed E-state index contributed by atoms with van der Waals surface area (Å²) >= 11 is 1.58. The number of anilines is 2. The highest BCUT2D eigenvalue weighted by molar-refractivity contribution is 7.07. The van der Waals surface area contributed by atoms with Crippen molar-refractivity contribution in [1.82, 2.24) is 15.0 Å². The summed E-state index contributed by atoms with van der Waals surface area (Å²) in [5.41, 5.74) is 6.36. The highest BCUT2D eigenvalue weighted by atomic mass is 32.1. The van der Waals surface area contributed by atoms with Gasteiger partial charge in [0.2, 0.25) is 0 Å². The van der Waals surface area contributed by atoms with E-state index in [1.807, 2.05) is 17.8 Å². The van der Waals surface area contributed by atoms with Gasteiger partial charge < -0.3 is 10.7 Å². The molecule has 19 heavy (non-hydrogen) atoms. The Hall–Kier alpha value is -1.73. The number of hydrazine groups is 1. The summed E-state index contributed by atoms with van der Waals surface area (Å²) in [6, 6.07) is 0. The van der Waals surface area contributed by atoms with E-state index in [4.69, 9.17) is 5.84 Å². The number of thiazole rings is 1. The van der Waals surface area contributed by atoms with Crippen LogP contribution in [0.5, 0.6) is 0 Å². The molecule has 0 fully saturated rings. The van der Waals surface area contributed by atoms with Crippen LogP contribution in [-0.4, -0.2) is 15.0 Å². The van der Waals surface area contributed by atoms with Crippen molar-refractivity contribution >= 4 is 23.0 Å². The van der Waals surface area contributed by atoms with Gasteiger partial charge in [0.1, 0.15) is 17.5 Å². The lowest BCUT2D eigenvalue weighted by Gasteiger charge is -2.12. The first-order valence-electron chi connectivity index (χ1n) is 6.19. The largest absolute Gasteiger partial charge is 0.364 e. The van der Waals surface area contributed by atoms with Gasteiger partial charge in [0.15, 0.2) is 0 Å². The zero-order valence-corrected chi connectivity index (χ0v) is 11.9. The molecule has 2 aromatic rings. The second-order valence-corrected chi connectivity index (χ2v) is 4.91. The van der Waals surface area contributed by atoms with E-state index in [-0.39, 0.29) is 0 Å². The van der Waals surface area contributed by atoms with Crippen LogP contribution >= 0.6 is 11.3 Å². The lowest BCUT2D eigenvalue weighted by molar-refractivity contribution is 0.830. The van der Waals surface area contributed by atoms with Crippen LogP contribution in [0.15, 0.2) is 10.9 Å². The minimum atomic E-state index is 0.650. The molecular formula is C12H18N6S. The first kappa shape index (κ1) is 13.7. The van der Waals surface area contributed by atoms with E-state index in [9.17, 15) is 0 Å². The lowest BCUT2D eigenvalue weighted by Crippen LogP contribution is -2.15. The minimum Gasteiger partial charge on any atom is -0.364 e. The first-order chi connectivity index (χ1) is 9.24. The molecule has 102 valence electrons. The van der Waals surface area contributed by atoms with Crippen molar-refractivity contribution < 1.29 is 0 Å². The Bertz CT molecular complexity index is 525. The van der Waals surface area contributed by atoms with Gasteiger partial charge in [0, 0.05) is 17.4 Å². The standard InChI is InChI=1S/C12H18N6S/c1-3-4-10-16-11(8(2)12(17-10)18-13)14-5-9-6-19-7-15-9/h6-7H,3-5,13H2,1-2H3,(H2,14,16,17,18). The molecule has 0 aliphatic heterocycles. The summed E-state index contributed by atoms with van der Waals surface area (Å²) in [5.74, 6) is 7.76. The summed E-state index contributed by atoms with van der Waals surface area (Å²) in [4.78, 5) is 13.1. The molecule has 0 aromatic carbocycles. The predicted octanol–water partition coefficient (Wildman–Crippen LogP) is 2.09. The molecule has 4 N–H and O–H groups in total. The third kappa shape index (κ3) is 3.39. The van der Waals surface area contributed by atoms with Crippen molar-refractivity contribution in [2.24, 2.45) is 5.84 Å². The molecule has 0 saturated carbocycles. The number of nitrogen functional groups attached to an aromatic ring is 1. The first-order valence-corrected chi connectivity index (χ1v) is 7.14. The Labute approximate surface area is 116 Å². The number of aryl methyl sites for hydroxylation is 1. The van der Waals surface area contributed by atoms with Gasteiger partial charge in [-0.2, -0.15) is 0 Å². The molecule has 0 spiro atoms. The Morgan fingerprint density at radius 2 is 2.11 bits per heavy atom. The number of nitrogens with zero attached hydrogens (tertiary/aromatic N) is 3. The number of rotatable bonds is 6. The maximum atomic E-state index is 5.50. The van der Waals surface area contributed by atoms with Crippen LogP contribution in [0.25, 0.3) is 0 Å². The van der Waals surface area contributed by atoms with Crippen molar-refractivity contribution in [1.29, 1.82) is 0 Å². The van der Waals surface area contributed by atoms with Crippen LogP contribution in [0.4, 0.5) is 11.6 Å². The van der Waals surface area contributed by atoms with E-state index in [1.54, 1.807) is 11.3 Å². The summed E-state index contributed by atoms with van der Waals surface area (Å²) in [5, 5.41) is 5.30. The summed E-state index contributed by atoms with van der Waals surface area (Å²) in [7, 11) is 0. The number of nitrogens with two attached hydrogens (primary N) is 1. The van der Waals surface area contributed by atoms with Gasteiger partial charge in [-0.1, -0.05) is 6.92 Å². The van der Waals surface area contributed by atoms with Crippen molar-refractivity contribution in [2.45, 2.75) is 33.2 Å². The summed E-state index contributed by atoms with van der Waals surface area (Å²) in [6.07, 6.45) is 1.83. The fourth-order valence-corrected chi connectivity index (χ4v) is 2.27. The van der Waals surface area contributed by atoms with Gasteiger partial charge >= 0.3 is 0 Å². The molecule has 0 amide bonds. The third-order valence-corrected chi connectivity index (χ3v) is 3.36. The topological polar surface area (TPSA) is 88.8 Å². The summed E-state index contributed by atoms with van der Waals surface area (Å²) < 4.78 is 0. The molecule has 7 heteroatoms. The van der Waals surface area contributed by atoms with E-state index >= 15 is 0 Å².